The Morgan fingerprint density at radius 3 is 2.80 bits per heavy atom. The summed E-state index contributed by atoms with van der Waals surface area (Å²) in [4.78, 5) is 19.1. The quantitative estimate of drug-likeness (QED) is 0.660. The van der Waals surface area contributed by atoms with Crippen molar-refractivity contribution in [3.05, 3.63) is 47.1 Å². The van der Waals surface area contributed by atoms with Gasteiger partial charge in [0.25, 0.3) is 5.91 Å². The van der Waals surface area contributed by atoms with Crippen molar-refractivity contribution in [2.24, 2.45) is 12.8 Å². The van der Waals surface area contributed by atoms with Gasteiger partial charge in [0.1, 0.15) is 28.0 Å². The van der Waals surface area contributed by atoms with Crippen LogP contribution in [0.4, 0.5) is 20.3 Å². The van der Waals surface area contributed by atoms with Crippen molar-refractivity contribution in [3.63, 3.8) is 0 Å². The fraction of sp³-hybridized carbons (Fsp3) is 0.350. The minimum atomic E-state index is -0.717. The van der Waals surface area contributed by atoms with Crippen LogP contribution in [0.25, 0.3) is 10.6 Å². The number of rotatable bonds is 4. The van der Waals surface area contributed by atoms with E-state index in [1.807, 2.05) is 7.05 Å². The van der Waals surface area contributed by atoms with Crippen molar-refractivity contribution in [1.29, 1.82) is 0 Å². The van der Waals surface area contributed by atoms with Crippen LogP contribution in [0.5, 0.6) is 0 Å². The summed E-state index contributed by atoms with van der Waals surface area (Å²) in [6.45, 7) is 1.60. The summed E-state index contributed by atoms with van der Waals surface area (Å²) < 4.78 is 29.7. The Balaban J connectivity index is 1.55. The monoisotopic (exact) mass is 432 g/mol. The van der Waals surface area contributed by atoms with Gasteiger partial charge in [-0.15, -0.1) is 11.3 Å². The summed E-state index contributed by atoms with van der Waals surface area (Å²) in [5.74, 6) is -1.10. The molecule has 3 heterocycles. The molecule has 0 bridgehead atoms. The Hall–Kier alpha value is -2.85. The molecule has 3 N–H and O–H groups in total. The molecule has 1 fully saturated rings. The number of aryl methyl sites for hydroxylation is 1. The van der Waals surface area contributed by atoms with E-state index in [4.69, 9.17) is 5.73 Å². The van der Waals surface area contributed by atoms with E-state index in [2.05, 4.69) is 20.3 Å². The molecule has 0 radical (unpaired) electrons. The number of halogens is 2. The van der Waals surface area contributed by atoms with Crippen LogP contribution in [-0.4, -0.2) is 39.8 Å². The number of amides is 1. The molecule has 7 nitrogen and oxygen atoms in total. The average molecular weight is 433 g/mol. The highest BCUT2D eigenvalue weighted by Crippen LogP contribution is 2.31. The van der Waals surface area contributed by atoms with Crippen molar-refractivity contribution in [3.8, 4) is 10.6 Å². The van der Waals surface area contributed by atoms with Crippen LogP contribution in [0.2, 0.25) is 0 Å². The van der Waals surface area contributed by atoms with Crippen LogP contribution in [0, 0.1) is 11.6 Å². The minimum absolute atomic E-state index is 0.0883. The predicted octanol–water partition coefficient (Wildman–Crippen LogP) is 3.39. The Bertz CT molecular complexity index is 1050. The van der Waals surface area contributed by atoms with Gasteiger partial charge in [-0.1, -0.05) is 6.07 Å². The van der Waals surface area contributed by atoms with E-state index in [9.17, 15) is 13.6 Å². The fourth-order valence-corrected chi connectivity index (χ4v) is 4.46. The number of nitrogens with one attached hydrogen (secondary N) is 1. The van der Waals surface area contributed by atoms with Crippen LogP contribution < -0.4 is 16.0 Å². The molecule has 30 heavy (non-hydrogen) atoms. The molecule has 4 rings (SSSR count). The molecular formula is C20H22F2N6OS. The van der Waals surface area contributed by atoms with Gasteiger partial charge in [0.05, 0.1) is 11.8 Å². The molecule has 1 atom stereocenters. The van der Waals surface area contributed by atoms with Crippen molar-refractivity contribution >= 4 is 28.7 Å². The Kier molecular flexibility index (Phi) is 5.78. The van der Waals surface area contributed by atoms with Crippen molar-refractivity contribution in [1.82, 2.24) is 14.8 Å². The number of carbonyl (C=O) groups is 1. The molecular weight excluding hydrogens is 410 g/mol. The van der Waals surface area contributed by atoms with Gasteiger partial charge in [0.2, 0.25) is 0 Å². The zero-order valence-corrected chi connectivity index (χ0v) is 17.3. The standard InChI is InChI=1S/C20H22F2N6OS/c1-27-20(28-8-3-4-12(23)7-9-28)15(10-24-27)25-18(29)16-11-30-19(26-16)17-13(21)5-2-6-14(17)22/h2,5-6,10-12H,3-4,7-9,23H2,1H3,(H,25,29). The lowest BCUT2D eigenvalue weighted by Crippen LogP contribution is -2.29. The molecule has 1 aliphatic heterocycles. The van der Waals surface area contributed by atoms with Crippen molar-refractivity contribution < 1.29 is 13.6 Å². The van der Waals surface area contributed by atoms with Crippen molar-refractivity contribution in [2.45, 2.75) is 25.3 Å². The number of nitrogens with two attached hydrogens (primary N) is 1. The normalized spacial score (nSPS) is 17.1. The van der Waals surface area contributed by atoms with Crippen LogP contribution in [-0.2, 0) is 7.05 Å². The van der Waals surface area contributed by atoms with E-state index < -0.39 is 17.5 Å². The zero-order valence-electron chi connectivity index (χ0n) is 16.4. The Labute approximate surface area is 176 Å². The topological polar surface area (TPSA) is 89.1 Å². The van der Waals surface area contributed by atoms with Crippen LogP contribution in [0.15, 0.2) is 29.8 Å². The number of thiazole rings is 1. The summed E-state index contributed by atoms with van der Waals surface area (Å²) in [6.07, 6.45) is 4.37. The molecule has 1 unspecified atom stereocenters. The third-order valence-corrected chi connectivity index (χ3v) is 6.00. The van der Waals surface area contributed by atoms with E-state index in [-0.39, 0.29) is 22.3 Å². The second kappa shape index (κ2) is 8.49. The van der Waals surface area contributed by atoms with Gasteiger partial charge in [-0.05, 0) is 31.4 Å². The number of nitrogens with zero attached hydrogens (tertiary/aromatic N) is 4. The summed E-state index contributed by atoms with van der Waals surface area (Å²) in [5.41, 5.74) is 6.49. The highest BCUT2D eigenvalue weighted by Gasteiger charge is 2.23. The number of benzene rings is 1. The maximum absolute atomic E-state index is 14.0. The zero-order chi connectivity index (χ0) is 21.3. The smallest absolute Gasteiger partial charge is 0.275 e. The second-order valence-electron chi connectivity index (χ2n) is 7.27. The molecule has 1 aliphatic rings. The first kappa shape index (κ1) is 20.4. The number of hydrogen-bond donors (Lipinski definition) is 2. The van der Waals surface area contributed by atoms with Gasteiger partial charge >= 0.3 is 0 Å². The molecule has 1 saturated heterocycles. The lowest BCUT2D eigenvalue weighted by molar-refractivity contribution is 0.102. The second-order valence-corrected chi connectivity index (χ2v) is 8.13. The van der Waals surface area contributed by atoms with Gasteiger partial charge < -0.3 is 16.0 Å². The molecule has 3 aromatic rings. The third kappa shape index (κ3) is 4.05. The Morgan fingerprint density at radius 1 is 1.27 bits per heavy atom. The summed E-state index contributed by atoms with van der Waals surface area (Å²) in [7, 11) is 1.82. The maximum Gasteiger partial charge on any atom is 0.275 e. The minimum Gasteiger partial charge on any atom is -0.355 e. The lowest BCUT2D eigenvalue weighted by Gasteiger charge is -2.24. The average Bonchev–Trinajstić information content (AvgIpc) is 3.26. The molecule has 1 amide bonds. The summed E-state index contributed by atoms with van der Waals surface area (Å²) in [6, 6.07) is 3.78. The number of hydrogen-bond acceptors (Lipinski definition) is 6. The maximum atomic E-state index is 14.0. The fourth-order valence-electron chi connectivity index (χ4n) is 3.61. The van der Waals surface area contributed by atoms with E-state index in [0.29, 0.717) is 5.69 Å². The first-order valence-corrected chi connectivity index (χ1v) is 10.6. The summed E-state index contributed by atoms with van der Waals surface area (Å²) in [5, 5.41) is 8.71. The van der Waals surface area contributed by atoms with E-state index in [0.717, 1.165) is 61.6 Å². The van der Waals surface area contributed by atoms with E-state index in [1.54, 1.807) is 10.9 Å². The molecule has 10 heteroatoms. The van der Waals surface area contributed by atoms with Gasteiger partial charge in [0.15, 0.2) is 5.82 Å². The first-order valence-electron chi connectivity index (χ1n) is 9.68. The SMILES string of the molecule is Cn1ncc(NC(=O)c2csc(-c3c(F)cccc3F)n2)c1N1CCCC(N)CC1. The van der Waals surface area contributed by atoms with Gasteiger partial charge in [-0.3, -0.25) is 9.48 Å². The highest BCUT2D eigenvalue weighted by molar-refractivity contribution is 7.13. The van der Waals surface area contributed by atoms with Crippen molar-refractivity contribution in [2.75, 3.05) is 23.3 Å². The third-order valence-electron chi connectivity index (χ3n) is 5.14. The molecule has 0 aliphatic carbocycles. The van der Waals surface area contributed by atoms with E-state index in [1.165, 1.54) is 11.4 Å². The molecule has 1 aromatic carbocycles. The molecule has 0 saturated carbocycles. The van der Waals surface area contributed by atoms with Crippen LogP contribution >= 0.6 is 11.3 Å². The largest absolute Gasteiger partial charge is 0.355 e. The number of aromatic nitrogens is 3. The number of anilines is 2. The van der Waals surface area contributed by atoms with Crippen LogP contribution in [0.3, 0.4) is 0 Å². The van der Waals surface area contributed by atoms with Gasteiger partial charge in [0, 0.05) is 31.6 Å². The van der Waals surface area contributed by atoms with E-state index >= 15 is 0 Å². The summed E-state index contributed by atoms with van der Waals surface area (Å²) >= 11 is 1.01. The first-order chi connectivity index (χ1) is 14.4. The molecule has 158 valence electrons. The highest BCUT2D eigenvalue weighted by atomic mass is 32.1. The lowest BCUT2D eigenvalue weighted by atomic mass is 10.1. The van der Waals surface area contributed by atoms with Gasteiger partial charge in [-0.2, -0.15) is 5.10 Å². The Morgan fingerprint density at radius 2 is 2.03 bits per heavy atom. The number of carbonyl (C=O) groups excluding carboxylic acids is 1. The predicted molar refractivity (Wildman–Crippen MR) is 113 cm³/mol. The van der Waals surface area contributed by atoms with Crippen LogP contribution in [0.1, 0.15) is 29.8 Å². The molecule has 2 aromatic heterocycles. The molecule has 0 spiro atoms. The van der Waals surface area contributed by atoms with Gasteiger partial charge in [-0.25, -0.2) is 13.8 Å².